The lowest BCUT2D eigenvalue weighted by Gasteiger charge is -2.15. The van der Waals surface area contributed by atoms with Crippen molar-refractivity contribution < 1.29 is 13.2 Å². The van der Waals surface area contributed by atoms with Crippen molar-refractivity contribution in [2.24, 2.45) is 11.1 Å². The predicted octanol–water partition coefficient (Wildman–Crippen LogP) is 1.87. The molecule has 0 unspecified atom stereocenters. The zero-order valence-corrected chi connectivity index (χ0v) is 12.4. The Morgan fingerprint density at radius 1 is 1.42 bits per heavy atom. The molecule has 2 N–H and O–H groups in total. The van der Waals surface area contributed by atoms with E-state index in [2.05, 4.69) is 0 Å². The van der Waals surface area contributed by atoms with Gasteiger partial charge >= 0.3 is 0 Å². The molecule has 0 bridgehead atoms. The van der Waals surface area contributed by atoms with Crippen LogP contribution in [0, 0.1) is 5.41 Å². The van der Waals surface area contributed by atoms with Crippen LogP contribution >= 0.6 is 11.6 Å². The number of hydrogen-bond acceptors (Lipinski definition) is 4. The molecule has 0 aliphatic heterocycles. The monoisotopic (exact) mass is 303 g/mol. The maximum absolute atomic E-state index is 12.5. The summed E-state index contributed by atoms with van der Waals surface area (Å²) in [5, 5.41) is 0.0758. The highest BCUT2D eigenvalue weighted by Gasteiger charge is 2.60. The van der Waals surface area contributed by atoms with Crippen LogP contribution in [-0.4, -0.2) is 33.4 Å². The van der Waals surface area contributed by atoms with Crippen LogP contribution in [0.5, 0.6) is 0 Å². The van der Waals surface area contributed by atoms with Gasteiger partial charge in [-0.15, -0.1) is 0 Å². The molecule has 2 rings (SSSR count). The van der Waals surface area contributed by atoms with Gasteiger partial charge in [-0.25, -0.2) is 8.42 Å². The zero-order chi connectivity index (χ0) is 14.1. The van der Waals surface area contributed by atoms with Crippen molar-refractivity contribution in [2.75, 3.05) is 19.8 Å². The summed E-state index contributed by atoms with van der Waals surface area (Å²) in [5.41, 5.74) is 5.31. The van der Waals surface area contributed by atoms with Gasteiger partial charge in [0.1, 0.15) is 0 Å². The molecule has 106 valence electrons. The molecule has 6 heteroatoms. The quantitative estimate of drug-likeness (QED) is 0.871. The topological polar surface area (TPSA) is 69.4 Å². The Morgan fingerprint density at radius 3 is 2.58 bits per heavy atom. The molecule has 4 nitrogen and oxygen atoms in total. The van der Waals surface area contributed by atoms with Gasteiger partial charge in [0.25, 0.3) is 0 Å². The van der Waals surface area contributed by atoms with Gasteiger partial charge in [0.05, 0.1) is 16.8 Å². The number of ether oxygens (including phenoxy) is 1. The summed E-state index contributed by atoms with van der Waals surface area (Å²) in [6, 6.07) is 6.25. The lowest BCUT2D eigenvalue weighted by atomic mass is 10.1. The highest BCUT2D eigenvalue weighted by Crippen LogP contribution is 2.52. The number of rotatable bonds is 6. The van der Waals surface area contributed by atoms with Crippen molar-refractivity contribution in [3.63, 3.8) is 0 Å². The van der Waals surface area contributed by atoms with Gasteiger partial charge in [-0.1, -0.05) is 11.6 Å². The second kappa shape index (κ2) is 5.40. The average Bonchev–Trinajstić information content (AvgIpc) is 3.13. The van der Waals surface area contributed by atoms with Crippen molar-refractivity contribution in [3.8, 4) is 0 Å². The summed E-state index contributed by atoms with van der Waals surface area (Å²) >= 11 is 5.77. The van der Waals surface area contributed by atoms with Crippen LogP contribution in [0.4, 0.5) is 0 Å². The van der Waals surface area contributed by atoms with Crippen LogP contribution in [0.1, 0.15) is 13.3 Å². The van der Waals surface area contributed by atoms with Crippen molar-refractivity contribution in [1.82, 2.24) is 0 Å². The Morgan fingerprint density at radius 2 is 2.05 bits per heavy atom. The van der Waals surface area contributed by atoms with E-state index in [0.717, 1.165) is 0 Å². The minimum Gasteiger partial charge on any atom is -0.381 e. The zero-order valence-electron chi connectivity index (χ0n) is 10.8. The van der Waals surface area contributed by atoms with Crippen LogP contribution in [0.2, 0.25) is 5.02 Å². The summed E-state index contributed by atoms with van der Waals surface area (Å²) < 4.78 is 30.3. The lowest BCUT2D eigenvalue weighted by Crippen LogP contribution is -2.28. The van der Waals surface area contributed by atoms with Crippen LogP contribution in [0.25, 0.3) is 0 Å². The predicted molar refractivity (Wildman–Crippen MR) is 75.0 cm³/mol. The largest absolute Gasteiger partial charge is 0.381 e. The van der Waals surface area contributed by atoms with E-state index >= 15 is 0 Å². The molecule has 1 fully saturated rings. The molecule has 2 atom stereocenters. The van der Waals surface area contributed by atoms with Crippen LogP contribution in [-0.2, 0) is 14.6 Å². The molecule has 0 heterocycles. The fourth-order valence-corrected chi connectivity index (χ4v) is 4.61. The molecular formula is C13H18ClNO3S. The maximum Gasteiger partial charge on any atom is 0.181 e. The van der Waals surface area contributed by atoms with E-state index in [0.29, 0.717) is 36.1 Å². The second-order valence-electron chi connectivity index (χ2n) is 4.90. The summed E-state index contributed by atoms with van der Waals surface area (Å²) in [5.74, 6) is 0. The van der Waals surface area contributed by atoms with E-state index in [9.17, 15) is 8.42 Å². The molecule has 1 aliphatic carbocycles. The van der Waals surface area contributed by atoms with Crippen LogP contribution < -0.4 is 5.73 Å². The van der Waals surface area contributed by atoms with Gasteiger partial charge in [0.15, 0.2) is 9.84 Å². The number of sulfone groups is 1. The molecule has 0 spiro atoms. The van der Waals surface area contributed by atoms with E-state index in [-0.39, 0.29) is 0 Å². The van der Waals surface area contributed by atoms with Gasteiger partial charge in [-0.2, -0.15) is 0 Å². The van der Waals surface area contributed by atoms with Gasteiger partial charge in [0.2, 0.25) is 0 Å². The first-order valence-electron chi connectivity index (χ1n) is 6.23. The fourth-order valence-electron chi connectivity index (χ4n) is 2.27. The standard InChI is InChI=1S/C13H18ClNO3S/c1-2-18-9-13(8-15)7-12(13)19(16,17)11-5-3-10(14)4-6-11/h3-6,12H,2,7-9,15H2,1H3/t12-,13-/m0/s1. The Hall–Kier alpha value is -0.620. The van der Waals surface area contributed by atoms with E-state index in [1.54, 1.807) is 12.1 Å². The third-order valence-corrected chi connectivity index (χ3v) is 6.23. The smallest absolute Gasteiger partial charge is 0.181 e. The molecule has 1 aromatic carbocycles. The fraction of sp³-hybridized carbons (Fsp3) is 0.538. The van der Waals surface area contributed by atoms with E-state index in [1.165, 1.54) is 12.1 Å². The highest BCUT2D eigenvalue weighted by molar-refractivity contribution is 7.92. The van der Waals surface area contributed by atoms with Crippen molar-refractivity contribution >= 4 is 21.4 Å². The SMILES string of the molecule is CCOC[C@@]1(CN)C[C@@H]1S(=O)(=O)c1ccc(Cl)cc1. The Balaban J connectivity index is 2.20. The van der Waals surface area contributed by atoms with E-state index < -0.39 is 20.5 Å². The highest BCUT2D eigenvalue weighted by atomic mass is 35.5. The molecule has 1 aliphatic rings. The molecule has 0 saturated heterocycles. The Labute approximate surface area is 118 Å². The van der Waals surface area contributed by atoms with E-state index in [1.807, 2.05) is 6.92 Å². The Bertz CT molecular complexity index is 544. The number of nitrogens with two attached hydrogens (primary N) is 1. The number of halogens is 1. The van der Waals surface area contributed by atoms with Crippen LogP contribution in [0.15, 0.2) is 29.2 Å². The van der Waals surface area contributed by atoms with Gasteiger partial charge in [0, 0.05) is 23.6 Å². The Kier molecular flexibility index (Phi) is 4.20. The minimum absolute atomic E-state index is 0.300. The average molecular weight is 304 g/mol. The second-order valence-corrected chi connectivity index (χ2v) is 7.46. The lowest BCUT2D eigenvalue weighted by molar-refractivity contribution is 0.104. The minimum atomic E-state index is -3.35. The maximum atomic E-state index is 12.5. The molecule has 1 saturated carbocycles. The van der Waals surface area contributed by atoms with Gasteiger partial charge in [-0.05, 0) is 37.6 Å². The summed E-state index contributed by atoms with van der Waals surface area (Å²) in [7, 11) is -3.35. The summed E-state index contributed by atoms with van der Waals surface area (Å²) in [6.45, 7) is 3.17. The normalized spacial score (nSPS) is 26.4. The van der Waals surface area contributed by atoms with Crippen molar-refractivity contribution in [3.05, 3.63) is 29.3 Å². The molecule has 0 aromatic heterocycles. The molecule has 0 amide bonds. The first kappa shape index (κ1) is 14.8. The van der Waals surface area contributed by atoms with Gasteiger partial charge in [-0.3, -0.25) is 0 Å². The third kappa shape index (κ3) is 2.79. The third-order valence-electron chi connectivity index (χ3n) is 3.63. The number of hydrogen-bond donors (Lipinski definition) is 1. The molecule has 19 heavy (non-hydrogen) atoms. The molecule has 0 radical (unpaired) electrons. The molecule has 1 aromatic rings. The number of benzene rings is 1. The van der Waals surface area contributed by atoms with Crippen LogP contribution in [0.3, 0.4) is 0 Å². The van der Waals surface area contributed by atoms with E-state index in [4.69, 9.17) is 22.1 Å². The van der Waals surface area contributed by atoms with Gasteiger partial charge < -0.3 is 10.5 Å². The summed E-state index contributed by atoms with van der Waals surface area (Å²) in [6.07, 6.45) is 0.564. The molecular weight excluding hydrogens is 286 g/mol. The van der Waals surface area contributed by atoms with Crippen molar-refractivity contribution in [2.45, 2.75) is 23.5 Å². The van der Waals surface area contributed by atoms with Crippen molar-refractivity contribution in [1.29, 1.82) is 0 Å². The summed E-state index contributed by atoms with van der Waals surface area (Å²) in [4.78, 5) is 0.300. The first-order chi connectivity index (χ1) is 8.96. The first-order valence-corrected chi connectivity index (χ1v) is 8.16.